The van der Waals surface area contributed by atoms with Crippen LogP contribution in [0.2, 0.25) is 10.0 Å². The smallest absolute Gasteiger partial charge is 0.272 e. The molecule has 2 rings (SSSR count). The second-order valence-electron chi connectivity index (χ2n) is 4.52. The molecule has 0 aliphatic carbocycles. The number of nitro groups is 1. The summed E-state index contributed by atoms with van der Waals surface area (Å²) in [5.41, 5.74) is 2.51. The normalized spacial score (nSPS) is 11.6. The van der Waals surface area contributed by atoms with Gasteiger partial charge in [0.2, 0.25) is 10.0 Å². The van der Waals surface area contributed by atoms with Gasteiger partial charge < -0.3 is 0 Å². The molecule has 24 heavy (non-hydrogen) atoms. The van der Waals surface area contributed by atoms with E-state index in [9.17, 15) is 18.5 Å². The Bertz CT molecular complexity index is 932. The third kappa shape index (κ3) is 4.42. The van der Waals surface area contributed by atoms with Gasteiger partial charge in [-0.1, -0.05) is 29.3 Å². The number of nitrogens with zero attached hydrogens (tertiary/aromatic N) is 2. The zero-order chi connectivity index (χ0) is 17.9. The standard InChI is InChI=1S/C13H10Cl2N4O4S/c14-9-2-1-8(11(15)5-9)7-17-18-12-4-3-10(24(16,22)23)6-13(12)19(20)21/h1-7,18H,(H2,16,22,23)/b17-7+. The van der Waals surface area contributed by atoms with Crippen molar-refractivity contribution in [3.8, 4) is 0 Å². The Balaban J connectivity index is 2.29. The predicted octanol–water partition coefficient (Wildman–Crippen LogP) is 3.00. The Labute approximate surface area is 147 Å². The molecule has 2 aromatic carbocycles. The minimum absolute atomic E-state index is 0.00580. The number of hydrogen-bond acceptors (Lipinski definition) is 6. The molecule has 2 aromatic rings. The second-order valence-corrected chi connectivity index (χ2v) is 6.92. The molecular formula is C13H10Cl2N4O4S. The van der Waals surface area contributed by atoms with Crippen molar-refractivity contribution in [3.05, 3.63) is 62.1 Å². The molecule has 0 saturated carbocycles. The van der Waals surface area contributed by atoms with Crippen molar-refractivity contribution in [1.29, 1.82) is 0 Å². The topological polar surface area (TPSA) is 128 Å². The van der Waals surface area contributed by atoms with Crippen molar-refractivity contribution >= 4 is 50.8 Å². The number of nitrogens with two attached hydrogens (primary N) is 1. The summed E-state index contributed by atoms with van der Waals surface area (Å²) in [6.07, 6.45) is 1.34. The molecule has 3 N–H and O–H groups in total. The van der Waals surface area contributed by atoms with E-state index in [4.69, 9.17) is 28.3 Å². The fraction of sp³-hybridized carbons (Fsp3) is 0. The van der Waals surface area contributed by atoms with Crippen molar-refractivity contribution in [3.63, 3.8) is 0 Å². The Morgan fingerprint density at radius 2 is 1.92 bits per heavy atom. The minimum atomic E-state index is -4.05. The van der Waals surface area contributed by atoms with Gasteiger partial charge in [0, 0.05) is 16.7 Å². The Hall–Kier alpha value is -2.20. The number of nitro benzene ring substituents is 1. The number of benzene rings is 2. The summed E-state index contributed by atoms with van der Waals surface area (Å²) in [7, 11) is -4.05. The molecule has 0 saturated heterocycles. The average molecular weight is 389 g/mol. The number of halogens is 2. The fourth-order valence-electron chi connectivity index (χ4n) is 1.71. The lowest BCUT2D eigenvalue weighted by molar-refractivity contribution is -0.384. The van der Waals surface area contributed by atoms with Crippen molar-refractivity contribution < 1.29 is 13.3 Å². The summed E-state index contributed by atoms with van der Waals surface area (Å²) in [6.45, 7) is 0. The Morgan fingerprint density at radius 3 is 2.50 bits per heavy atom. The highest BCUT2D eigenvalue weighted by atomic mass is 35.5. The molecule has 0 heterocycles. The van der Waals surface area contributed by atoms with Gasteiger partial charge in [0.15, 0.2) is 0 Å². The van der Waals surface area contributed by atoms with Gasteiger partial charge in [0.25, 0.3) is 5.69 Å². The third-order valence-corrected chi connectivity index (χ3v) is 4.32. The van der Waals surface area contributed by atoms with Crippen LogP contribution in [0.1, 0.15) is 5.56 Å². The summed E-state index contributed by atoms with van der Waals surface area (Å²) >= 11 is 11.7. The van der Waals surface area contributed by atoms with Gasteiger partial charge in [-0.05, 0) is 24.3 Å². The van der Waals surface area contributed by atoms with Crippen LogP contribution in [0.15, 0.2) is 46.4 Å². The summed E-state index contributed by atoms with van der Waals surface area (Å²) in [5.74, 6) is 0. The van der Waals surface area contributed by atoms with Crippen LogP contribution in [-0.2, 0) is 10.0 Å². The van der Waals surface area contributed by atoms with Crippen molar-refractivity contribution in [2.45, 2.75) is 4.90 Å². The molecule has 0 aromatic heterocycles. The zero-order valence-corrected chi connectivity index (χ0v) is 14.1. The zero-order valence-electron chi connectivity index (χ0n) is 11.8. The van der Waals surface area contributed by atoms with Crippen LogP contribution in [0.4, 0.5) is 11.4 Å². The highest BCUT2D eigenvalue weighted by Crippen LogP contribution is 2.27. The molecule has 8 nitrogen and oxygen atoms in total. The maximum absolute atomic E-state index is 11.3. The minimum Gasteiger partial charge on any atom is -0.272 e. The number of hydrazone groups is 1. The number of anilines is 1. The van der Waals surface area contributed by atoms with E-state index in [-0.39, 0.29) is 10.6 Å². The summed E-state index contributed by atoms with van der Waals surface area (Å²) in [6, 6.07) is 7.93. The lowest BCUT2D eigenvalue weighted by Gasteiger charge is -2.04. The summed E-state index contributed by atoms with van der Waals surface area (Å²) in [4.78, 5) is 9.95. The number of primary sulfonamides is 1. The highest BCUT2D eigenvalue weighted by molar-refractivity contribution is 7.89. The van der Waals surface area contributed by atoms with Crippen LogP contribution in [0.3, 0.4) is 0 Å². The SMILES string of the molecule is NS(=O)(=O)c1ccc(N/N=C/c2ccc(Cl)cc2Cl)c([N+](=O)[O-])c1. The lowest BCUT2D eigenvalue weighted by atomic mass is 10.2. The van der Waals surface area contributed by atoms with E-state index in [1.165, 1.54) is 18.3 Å². The first-order valence-corrected chi connectivity index (χ1v) is 8.54. The molecule has 126 valence electrons. The highest BCUT2D eigenvalue weighted by Gasteiger charge is 2.18. The summed E-state index contributed by atoms with van der Waals surface area (Å²) in [5, 5.41) is 20.7. The second kappa shape index (κ2) is 7.14. The van der Waals surface area contributed by atoms with Gasteiger partial charge in [-0.3, -0.25) is 15.5 Å². The quantitative estimate of drug-likeness (QED) is 0.462. The van der Waals surface area contributed by atoms with Crippen molar-refractivity contribution in [2.75, 3.05) is 5.43 Å². The van der Waals surface area contributed by atoms with E-state index in [1.807, 2.05) is 0 Å². The van der Waals surface area contributed by atoms with Crippen LogP contribution in [0, 0.1) is 10.1 Å². The molecule has 0 aliphatic heterocycles. The van der Waals surface area contributed by atoms with Gasteiger partial charge in [0.05, 0.1) is 21.1 Å². The van der Waals surface area contributed by atoms with Gasteiger partial charge in [0.1, 0.15) is 5.69 Å². The third-order valence-electron chi connectivity index (χ3n) is 2.85. The number of nitrogens with one attached hydrogen (secondary N) is 1. The van der Waals surface area contributed by atoms with Gasteiger partial charge >= 0.3 is 0 Å². The molecule has 0 fully saturated rings. The summed E-state index contributed by atoms with van der Waals surface area (Å²) < 4.78 is 22.5. The fourth-order valence-corrected chi connectivity index (χ4v) is 2.70. The van der Waals surface area contributed by atoms with Gasteiger partial charge in [-0.25, -0.2) is 13.6 Å². The Kier molecular flexibility index (Phi) is 5.40. The number of rotatable bonds is 5. The van der Waals surface area contributed by atoms with Crippen LogP contribution in [-0.4, -0.2) is 19.6 Å². The average Bonchev–Trinajstić information content (AvgIpc) is 2.48. The molecule has 0 radical (unpaired) electrons. The lowest BCUT2D eigenvalue weighted by Crippen LogP contribution is -2.12. The largest absolute Gasteiger partial charge is 0.295 e. The molecule has 0 spiro atoms. The van der Waals surface area contributed by atoms with Crippen LogP contribution < -0.4 is 10.6 Å². The number of sulfonamides is 1. The predicted molar refractivity (Wildman–Crippen MR) is 92.1 cm³/mol. The van der Waals surface area contributed by atoms with Crippen LogP contribution in [0.5, 0.6) is 0 Å². The monoisotopic (exact) mass is 388 g/mol. The first-order chi connectivity index (χ1) is 11.2. The van der Waals surface area contributed by atoms with Crippen molar-refractivity contribution in [2.24, 2.45) is 10.2 Å². The van der Waals surface area contributed by atoms with E-state index < -0.39 is 20.6 Å². The van der Waals surface area contributed by atoms with E-state index in [0.29, 0.717) is 15.6 Å². The maximum Gasteiger partial charge on any atom is 0.295 e. The Morgan fingerprint density at radius 1 is 1.21 bits per heavy atom. The maximum atomic E-state index is 11.3. The van der Waals surface area contributed by atoms with Crippen molar-refractivity contribution in [1.82, 2.24) is 0 Å². The van der Waals surface area contributed by atoms with Crippen LogP contribution >= 0.6 is 23.2 Å². The first kappa shape index (κ1) is 18.1. The molecule has 0 bridgehead atoms. The van der Waals surface area contributed by atoms with Crippen LogP contribution in [0.25, 0.3) is 0 Å². The number of hydrogen-bond donors (Lipinski definition) is 2. The molecule has 0 amide bonds. The van der Waals surface area contributed by atoms with E-state index in [2.05, 4.69) is 10.5 Å². The first-order valence-electron chi connectivity index (χ1n) is 6.24. The molecule has 0 atom stereocenters. The van der Waals surface area contributed by atoms with E-state index in [0.717, 1.165) is 12.1 Å². The van der Waals surface area contributed by atoms with Gasteiger partial charge in [-0.2, -0.15) is 5.10 Å². The molecular weight excluding hydrogens is 379 g/mol. The molecule has 11 heteroatoms. The van der Waals surface area contributed by atoms with E-state index >= 15 is 0 Å². The van der Waals surface area contributed by atoms with Gasteiger partial charge in [-0.15, -0.1) is 0 Å². The van der Waals surface area contributed by atoms with E-state index in [1.54, 1.807) is 12.1 Å². The molecule has 0 aliphatic rings. The molecule has 0 unspecified atom stereocenters.